The first-order chi connectivity index (χ1) is 30.7. The molecule has 7 N–H and O–H groups in total. The summed E-state index contributed by atoms with van der Waals surface area (Å²) in [6.45, 7) is 8.24. The van der Waals surface area contributed by atoms with Gasteiger partial charge in [0.1, 0.15) is 30.3 Å². The molecule has 1 heterocycles. The van der Waals surface area contributed by atoms with Crippen LogP contribution in [0, 0.1) is 11.8 Å². The summed E-state index contributed by atoms with van der Waals surface area (Å²) in [6.07, 6.45) is 4.80. The second-order valence-corrected chi connectivity index (χ2v) is 17.2. The van der Waals surface area contributed by atoms with Crippen LogP contribution in [0.1, 0.15) is 99.7 Å². The van der Waals surface area contributed by atoms with Crippen molar-refractivity contribution in [1.82, 2.24) is 10.2 Å². The number of nitrogens with zero attached hydrogens (tertiary/aromatic N) is 1. The number of carbonyl (C=O) groups is 5. The van der Waals surface area contributed by atoms with E-state index in [4.69, 9.17) is 26.7 Å². The number of Topliss-reactive ketones (excluding diaryl/α,β-unsaturated/α-hetero) is 3. The van der Waals surface area contributed by atoms with Crippen LogP contribution in [-0.2, 0) is 37.6 Å². The maximum Gasteiger partial charge on any atom is 0.226 e. The standard InChI is InChI=1S/C52H67N5O7/c1-6-7-10-36-12-15-38(16-13-36)39-17-19-40(20-18-39)46(59)32-41(11-8-9-24-53)51(62)57(5)52(4)42-21-23-48(64-28-26-55)44(33-42)43-30-37(14-22-47(43)63-27-25-54)31-45(35(3)58)56-50(61)34(2)29-49(52)60/h12-23,30,33-34,41,45H,6-11,24-29,31-32,53-55H2,1-5H3,(H,56,61)/t34-,41-,45+,52+/m1/s1. The summed E-state index contributed by atoms with van der Waals surface area (Å²) in [7, 11) is 1.58. The Balaban J connectivity index is 1.57. The molecule has 0 unspecified atom stereocenters. The van der Waals surface area contributed by atoms with E-state index in [1.807, 2.05) is 30.3 Å². The number of amides is 2. The number of nitrogens with one attached hydrogen (secondary N) is 1. The molecule has 12 heteroatoms. The molecule has 1 aliphatic rings. The number of hydrogen-bond acceptors (Lipinski definition) is 10. The molecule has 0 aromatic heterocycles. The Hall–Kier alpha value is -5.69. The van der Waals surface area contributed by atoms with Crippen LogP contribution in [0.5, 0.6) is 11.5 Å². The zero-order valence-electron chi connectivity index (χ0n) is 38.3. The zero-order valence-corrected chi connectivity index (χ0v) is 38.3. The molecule has 0 saturated heterocycles. The van der Waals surface area contributed by atoms with E-state index in [0.29, 0.717) is 59.6 Å². The fourth-order valence-corrected chi connectivity index (χ4v) is 8.28. The predicted molar refractivity (Wildman–Crippen MR) is 252 cm³/mol. The smallest absolute Gasteiger partial charge is 0.226 e. The molecule has 5 rings (SSSR count). The molecular formula is C52H67N5O7. The quantitative estimate of drug-likeness (QED) is 0.0533. The Morgan fingerprint density at radius 2 is 1.41 bits per heavy atom. The Morgan fingerprint density at radius 1 is 0.797 bits per heavy atom. The summed E-state index contributed by atoms with van der Waals surface area (Å²) < 4.78 is 12.3. The van der Waals surface area contributed by atoms with E-state index >= 15 is 9.59 Å². The van der Waals surface area contributed by atoms with Crippen molar-refractivity contribution in [3.05, 3.63) is 107 Å². The average molecular weight is 874 g/mol. The Bertz CT molecular complexity index is 2240. The van der Waals surface area contributed by atoms with Gasteiger partial charge in [0.05, 0.1) is 6.04 Å². The van der Waals surface area contributed by atoms with Gasteiger partial charge in [-0.25, -0.2) is 0 Å². The van der Waals surface area contributed by atoms with Gasteiger partial charge in [0, 0.05) is 61.5 Å². The minimum atomic E-state index is -1.64. The molecule has 4 atom stereocenters. The molecule has 0 aliphatic carbocycles. The first-order valence-corrected chi connectivity index (χ1v) is 22.7. The third-order valence-electron chi connectivity index (χ3n) is 12.5. The number of carbonyl (C=O) groups excluding carboxylic acids is 5. The van der Waals surface area contributed by atoms with Gasteiger partial charge in [0.25, 0.3) is 0 Å². The second-order valence-electron chi connectivity index (χ2n) is 17.2. The predicted octanol–water partition coefficient (Wildman–Crippen LogP) is 6.96. The van der Waals surface area contributed by atoms with Crippen LogP contribution in [-0.4, -0.2) is 80.0 Å². The van der Waals surface area contributed by atoms with Gasteiger partial charge in [0.2, 0.25) is 11.8 Å². The van der Waals surface area contributed by atoms with Crippen molar-refractivity contribution in [2.24, 2.45) is 29.0 Å². The highest BCUT2D eigenvalue weighted by atomic mass is 16.5. The largest absolute Gasteiger partial charge is 0.492 e. The Kier molecular flexibility index (Phi) is 18.0. The van der Waals surface area contributed by atoms with Crippen molar-refractivity contribution in [3.8, 4) is 33.8 Å². The van der Waals surface area contributed by atoms with E-state index in [-0.39, 0.29) is 57.1 Å². The zero-order chi connectivity index (χ0) is 46.4. The number of aryl methyl sites for hydroxylation is 1. The lowest BCUT2D eigenvalue weighted by atomic mass is 9.79. The number of rotatable bonds is 20. The highest BCUT2D eigenvalue weighted by Gasteiger charge is 2.45. The van der Waals surface area contributed by atoms with E-state index in [0.717, 1.165) is 36.0 Å². The van der Waals surface area contributed by atoms with Crippen LogP contribution in [0.2, 0.25) is 0 Å². The highest BCUT2D eigenvalue weighted by Crippen LogP contribution is 2.42. The third-order valence-corrected chi connectivity index (χ3v) is 12.5. The molecule has 0 spiro atoms. The number of likely N-dealkylation sites (N-methyl/N-ethyl adjacent to an activating group) is 1. The molecule has 2 amide bonds. The summed E-state index contributed by atoms with van der Waals surface area (Å²) in [5.41, 5.74) is 22.2. The molecule has 64 heavy (non-hydrogen) atoms. The van der Waals surface area contributed by atoms with E-state index in [1.54, 1.807) is 51.2 Å². The third kappa shape index (κ3) is 12.1. The monoisotopic (exact) mass is 874 g/mol. The molecule has 1 aliphatic heterocycles. The number of fused-ring (bicyclic) bond motifs is 5. The van der Waals surface area contributed by atoms with E-state index < -0.39 is 41.0 Å². The van der Waals surface area contributed by atoms with Crippen LogP contribution in [0.4, 0.5) is 0 Å². The van der Waals surface area contributed by atoms with Gasteiger partial charge in [-0.2, -0.15) is 0 Å². The van der Waals surface area contributed by atoms with Crippen molar-refractivity contribution in [3.63, 3.8) is 0 Å². The summed E-state index contributed by atoms with van der Waals surface area (Å²) >= 11 is 0. The minimum Gasteiger partial charge on any atom is -0.492 e. The topological polar surface area (TPSA) is 197 Å². The lowest BCUT2D eigenvalue weighted by Gasteiger charge is -2.41. The van der Waals surface area contributed by atoms with Crippen molar-refractivity contribution in [1.29, 1.82) is 0 Å². The average Bonchev–Trinajstić information content (AvgIpc) is 3.30. The van der Waals surface area contributed by atoms with Gasteiger partial charge in [0.15, 0.2) is 17.3 Å². The number of unbranched alkanes of at least 4 members (excludes halogenated alkanes) is 2. The molecule has 4 aromatic rings. The van der Waals surface area contributed by atoms with E-state index in [1.165, 1.54) is 17.4 Å². The van der Waals surface area contributed by atoms with Crippen molar-refractivity contribution < 1.29 is 33.4 Å². The highest BCUT2D eigenvalue weighted by molar-refractivity contribution is 6.01. The molecule has 0 fully saturated rings. The van der Waals surface area contributed by atoms with Crippen molar-refractivity contribution >= 4 is 29.2 Å². The maximum absolute atomic E-state index is 15.0. The minimum absolute atomic E-state index is 0.0829. The molecule has 0 saturated carbocycles. The lowest BCUT2D eigenvalue weighted by Crippen LogP contribution is -2.53. The number of ketones is 3. The lowest BCUT2D eigenvalue weighted by molar-refractivity contribution is -0.148. The molecule has 12 nitrogen and oxygen atoms in total. The van der Waals surface area contributed by atoms with E-state index in [2.05, 4.69) is 36.5 Å². The van der Waals surface area contributed by atoms with Gasteiger partial charge >= 0.3 is 0 Å². The van der Waals surface area contributed by atoms with Gasteiger partial charge in [-0.05, 0) is 105 Å². The number of nitrogens with two attached hydrogens (primary N) is 3. The second kappa shape index (κ2) is 23.3. The molecule has 4 aromatic carbocycles. The Labute approximate surface area is 378 Å². The normalized spacial score (nSPS) is 18.1. The van der Waals surface area contributed by atoms with Crippen LogP contribution in [0.15, 0.2) is 84.9 Å². The first kappa shape index (κ1) is 49.3. The van der Waals surface area contributed by atoms with Gasteiger partial charge in [-0.3, -0.25) is 24.0 Å². The summed E-state index contributed by atoms with van der Waals surface area (Å²) in [4.78, 5) is 72.2. The van der Waals surface area contributed by atoms with Gasteiger partial charge in [-0.15, -0.1) is 0 Å². The molecule has 342 valence electrons. The van der Waals surface area contributed by atoms with Crippen LogP contribution >= 0.6 is 0 Å². The van der Waals surface area contributed by atoms with Crippen LogP contribution < -0.4 is 32.0 Å². The van der Waals surface area contributed by atoms with Crippen molar-refractivity contribution in [2.75, 3.05) is 39.9 Å². The summed E-state index contributed by atoms with van der Waals surface area (Å²) in [5.74, 6) is -2.38. The fraction of sp³-hybridized carbons (Fsp3) is 0.442. The summed E-state index contributed by atoms with van der Waals surface area (Å²) in [5, 5.41) is 2.87. The first-order valence-electron chi connectivity index (χ1n) is 22.7. The molecule has 0 radical (unpaired) electrons. The summed E-state index contributed by atoms with van der Waals surface area (Å²) in [6, 6.07) is 25.9. The SMILES string of the molecule is CCCCc1ccc(-c2ccc(C(=O)C[C@@H](CCCCN)C(=O)N(C)[C@]3(C)C(=O)C[C@@H](C)C(=O)N[C@H](C(C)=O)Cc4ccc(OCCN)c(c4)-c4cc3ccc4OCCN)cc2)cc1. The number of ether oxygens (including phenoxy) is 2. The Morgan fingerprint density at radius 3 is 2.00 bits per heavy atom. The number of hydrogen-bond donors (Lipinski definition) is 4. The maximum atomic E-state index is 15.0. The molecular weight excluding hydrogens is 807 g/mol. The van der Waals surface area contributed by atoms with Crippen molar-refractivity contribution in [2.45, 2.75) is 97.1 Å². The van der Waals surface area contributed by atoms with Gasteiger partial charge < -0.3 is 36.9 Å². The van der Waals surface area contributed by atoms with Crippen LogP contribution in [0.25, 0.3) is 22.3 Å². The van der Waals surface area contributed by atoms with Gasteiger partial charge in [-0.1, -0.05) is 87.4 Å². The fourth-order valence-electron chi connectivity index (χ4n) is 8.28. The molecule has 4 bridgehead atoms. The van der Waals surface area contributed by atoms with E-state index in [9.17, 15) is 14.4 Å². The van der Waals surface area contributed by atoms with Crippen LogP contribution in [0.3, 0.4) is 0 Å². The number of benzene rings is 4.